The van der Waals surface area contributed by atoms with Crippen molar-refractivity contribution in [2.75, 3.05) is 0 Å². The first kappa shape index (κ1) is 15.0. The molecule has 1 heterocycles. The van der Waals surface area contributed by atoms with Gasteiger partial charge in [-0.1, -0.05) is 0 Å². The number of imidazole rings is 1. The summed E-state index contributed by atoms with van der Waals surface area (Å²) in [5.74, 6) is 0. The Balaban J connectivity index is 0.00000196. The van der Waals surface area contributed by atoms with E-state index in [4.69, 9.17) is 0 Å². The van der Waals surface area contributed by atoms with E-state index >= 15 is 0 Å². The molecule has 0 amide bonds. The molecular weight excluding hydrogens is 251 g/mol. The largest absolute Gasteiger partial charge is 1.00 e. The van der Waals surface area contributed by atoms with E-state index < -0.39 is 0 Å². The molecule has 0 saturated carbocycles. The fourth-order valence-electron chi connectivity index (χ4n) is 1.92. The maximum absolute atomic E-state index is 4.17. The van der Waals surface area contributed by atoms with E-state index in [2.05, 4.69) is 66.3 Å². The molecule has 0 aliphatic carbocycles. The monoisotopic (exact) mass is 271 g/mol. The Labute approximate surface area is 106 Å². The van der Waals surface area contributed by atoms with Gasteiger partial charge >= 0.3 is 94.0 Å². The van der Waals surface area contributed by atoms with E-state index in [9.17, 15) is 0 Å². The van der Waals surface area contributed by atoms with Crippen LogP contribution in [-0.4, -0.2) is 9.13 Å². The van der Waals surface area contributed by atoms with Crippen LogP contribution in [0.3, 0.4) is 0 Å². The number of nitrogens with zero attached hydrogens (tertiary/aromatic N) is 2. The summed E-state index contributed by atoms with van der Waals surface area (Å²) in [7, 11) is 0. The van der Waals surface area contributed by atoms with Gasteiger partial charge in [0.1, 0.15) is 0 Å². The van der Waals surface area contributed by atoms with Crippen LogP contribution in [0.1, 0.15) is 51.2 Å². The van der Waals surface area contributed by atoms with Crippen LogP contribution in [0.25, 0.3) is 0 Å². The predicted octanol–water partition coefficient (Wildman–Crippen LogP) is 0.151. The van der Waals surface area contributed by atoms with Gasteiger partial charge in [-0.25, -0.2) is 0 Å². The van der Waals surface area contributed by atoms with Crippen LogP contribution in [0, 0.1) is 18.2 Å². The van der Waals surface area contributed by atoms with Gasteiger partial charge in [0.05, 0.1) is 0 Å². The zero-order valence-corrected chi connectivity index (χ0v) is 12.1. The van der Waals surface area contributed by atoms with Crippen molar-refractivity contribution in [1.29, 1.82) is 0 Å². The zero-order valence-electron chi connectivity index (χ0n) is 10.3. The van der Waals surface area contributed by atoms with Crippen LogP contribution in [-0.2, 0) is 15.6 Å². The molecule has 1 rings (SSSR count). The van der Waals surface area contributed by atoms with Gasteiger partial charge in [-0.2, -0.15) is 0 Å². The molecular formula is C11H20ClFeN2. The van der Waals surface area contributed by atoms with Gasteiger partial charge in [0.15, 0.2) is 0 Å². The molecule has 0 atom stereocenters. The summed E-state index contributed by atoms with van der Waals surface area (Å²) >= 11 is 4.17. The average molecular weight is 272 g/mol. The fraction of sp³-hybridized carbons (Fsp3) is 0.727. The van der Waals surface area contributed by atoms with Gasteiger partial charge in [-0.15, -0.1) is 0 Å². The Bertz CT molecular complexity index is 354. The number of hydrogen-bond acceptors (Lipinski definition) is 0. The van der Waals surface area contributed by atoms with E-state index in [1.165, 1.54) is 11.4 Å². The molecule has 0 N–H and O–H groups in total. The molecule has 0 bridgehead atoms. The van der Waals surface area contributed by atoms with Crippen LogP contribution >= 0.6 is 0 Å². The maximum Gasteiger partial charge on any atom is -1.00 e. The third-order valence-electron chi connectivity index (χ3n) is 2.66. The van der Waals surface area contributed by atoms with Crippen molar-refractivity contribution < 1.29 is 28.0 Å². The van der Waals surface area contributed by atoms with Gasteiger partial charge in [0, 0.05) is 0 Å². The smallest absolute Gasteiger partial charge is 1.00 e. The second kappa shape index (κ2) is 5.38. The van der Waals surface area contributed by atoms with Crippen molar-refractivity contribution in [3.63, 3.8) is 0 Å². The third kappa shape index (κ3) is 2.58. The summed E-state index contributed by atoms with van der Waals surface area (Å²) in [5, 5.41) is 0. The third-order valence-corrected chi connectivity index (χ3v) is 3.20. The summed E-state index contributed by atoms with van der Waals surface area (Å²) in [4.78, 5) is 0. The summed E-state index contributed by atoms with van der Waals surface area (Å²) in [6.45, 7) is 13.1. The molecule has 0 aromatic carbocycles. The van der Waals surface area contributed by atoms with E-state index in [0.717, 1.165) is 4.32 Å². The van der Waals surface area contributed by atoms with Gasteiger partial charge in [-0.05, 0) is 0 Å². The molecule has 0 fully saturated rings. The maximum atomic E-state index is 4.17. The Morgan fingerprint density at radius 3 is 1.27 bits per heavy atom. The Kier molecular flexibility index (Phi) is 5.39. The minimum absolute atomic E-state index is 0. The van der Waals surface area contributed by atoms with E-state index in [0.29, 0.717) is 12.1 Å². The van der Waals surface area contributed by atoms with Crippen molar-refractivity contribution in [2.24, 2.45) is 0 Å². The van der Waals surface area contributed by atoms with Crippen molar-refractivity contribution in [3.05, 3.63) is 15.7 Å². The Morgan fingerprint density at radius 1 is 0.867 bits per heavy atom. The second-order valence-electron chi connectivity index (χ2n) is 4.36. The van der Waals surface area contributed by atoms with Crippen LogP contribution in [0.2, 0.25) is 0 Å². The molecule has 4 heteroatoms. The average Bonchev–Trinajstić information content (AvgIpc) is 2.23. The molecule has 0 spiro atoms. The van der Waals surface area contributed by atoms with Crippen LogP contribution in [0.5, 0.6) is 0 Å². The summed E-state index contributed by atoms with van der Waals surface area (Å²) < 4.78 is 5.72. The molecule has 89 valence electrons. The Hall–Kier alpha value is 0.0195. The summed E-state index contributed by atoms with van der Waals surface area (Å²) in [6.07, 6.45) is 0. The molecule has 0 aliphatic heterocycles. The summed E-state index contributed by atoms with van der Waals surface area (Å²) in [5.41, 5.74) is 2.66. The van der Waals surface area contributed by atoms with Crippen molar-refractivity contribution in [2.45, 2.75) is 53.6 Å². The van der Waals surface area contributed by atoms with Crippen LogP contribution in [0.4, 0.5) is 0 Å². The number of hydrogen-bond donors (Lipinski definition) is 0. The molecule has 0 radical (unpaired) electrons. The molecule has 1 aromatic heterocycles. The molecule has 0 unspecified atom stereocenters. The topological polar surface area (TPSA) is 9.86 Å². The van der Waals surface area contributed by atoms with Gasteiger partial charge in [0.25, 0.3) is 0 Å². The standard InChI is InChI=1S/C11H20N2.ClH.Fe/c1-8(2)12-7-13(9(3)4)11(6)10(12)5;;/h8-9H,1-6H3;1H;/q;;+1/p-1. The van der Waals surface area contributed by atoms with E-state index in [-0.39, 0.29) is 12.4 Å². The normalized spacial score (nSPS) is 10.9. The SMILES string of the molecule is Cc1c(C)n(C(C)C)[c](=[Fe+])n1C(C)C.[Cl-]. The first-order chi connectivity index (χ1) is 6.37. The Morgan fingerprint density at radius 2 is 1.13 bits per heavy atom. The van der Waals surface area contributed by atoms with Crippen LogP contribution in [0.15, 0.2) is 0 Å². The molecule has 0 saturated heterocycles. The first-order valence-electron chi connectivity index (χ1n) is 5.15. The minimum atomic E-state index is 0. The van der Waals surface area contributed by atoms with Crippen LogP contribution < -0.4 is 12.4 Å². The second-order valence-corrected chi connectivity index (χ2v) is 4.85. The predicted molar refractivity (Wildman–Crippen MR) is 55.9 cm³/mol. The van der Waals surface area contributed by atoms with Crippen molar-refractivity contribution >= 4 is 0 Å². The molecule has 0 aliphatic rings. The number of halogens is 1. The van der Waals surface area contributed by atoms with Gasteiger partial charge < -0.3 is 12.4 Å². The van der Waals surface area contributed by atoms with Crippen molar-refractivity contribution in [3.8, 4) is 0 Å². The quantitative estimate of drug-likeness (QED) is 0.678. The minimum Gasteiger partial charge on any atom is -1.00 e. The van der Waals surface area contributed by atoms with Gasteiger partial charge in [-0.3, -0.25) is 0 Å². The van der Waals surface area contributed by atoms with E-state index in [1.807, 2.05) is 0 Å². The summed E-state index contributed by atoms with van der Waals surface area (Å²) in [6, 6.07) is 0.974. The fourth-order valence-corrected chi connectivity index (χ4v) is 2.86. The van der Waals surface area contributed by atoms with Crippen molar-refractivity contribution in [1.82, 2.24) is 9.13 Å². The van der Waals surface area contributed by atoms with Gasteiger partial charge in [0.2, 0.25) is 0 Å². The molecule has 15 heavy (non-hydrogen) atoms. The number of rotatable bonds is 2. The molecule has 1 aromatic rings. The van der Waals surface area contributed by atoms with E-state index in [1.54, 1.807) is 0 Å². The zero-order chi connectivity index (χ0) is 11.0. The number of aromatic nitrogens is 2. The molecule has 2 nitrogen and oxygen atoms in total. The first-order valence-corrected chi connectivity index (χ1v) is 5.70.